The Kier molecular flexibility index (Phi) is 3.75. The van der Waals surface area contributed by atoms with Crippen molar-refractivity contribution in [1.29, 1.82) is 0 Å². The van der Waals surface area contributed by atoms with Gasteiger partial charge in [0.2, 0.25) is 10.0 Å². The third kappa shape index (κ3) is 4.16. The number of nitrogens with two attached hydrogens (primary N) is 1. The summed E-state index contributed by atoms with van der Waals surface area (Å²) in [5.41, 5.74) is 0. The SMILES string of the molecule is C=C[C@@H](C)CC(C)S(N)(=O)=O. The van der Waals surface area contributed by atoms with Gasteiger partial charge < -0.3 is 0 Å². The van der Waals surface area contributed by atoms with Crippen molar-refractivity contribution in [3.8, 4) is 0 Å². The van der Waals surface area contributed by atoms with Gasteiger partial charge in [-0.1, -0.05) is 13.0 Å². The van der Waals surface area contributed by atoms with E-state index in [-0.39, 0.29) is 5.92 Å². The molecule has 0 aromatic carbocycles. The van der Waals surface area contributed by atoms with Gasteiger partial charge in [0.15, 0.2) is 0 Å². The molecule has 3 nitrogen and oxygen atoms in total. The maximum atomic E-state index is 10.7. The van der Waals surface area contributed by atoms with Crippen LogP contribution < -0.4 is 5.14 Å². The molecule has 4 heteroatoms. The second kappa shape index (κ2) is 3.88. The fourth-order valence-electron chi connectivity index (χ4n) is 0.754. The Hall–Kier alpha value is -0.350. The summed E-state index contributed by atoms with van der Waals surface area (Å²) < 4.78 is 21.5. The van der Waals surface area contributed by atoms with Crippen molar-refractivity contribution in [2.45, 2.75) is 25.5 Å². The third-order valence-electron chi connectivity index (χ3n) is 1.67. The van der Waals surface area contributed by atoms with Crippen LogP contribution in [0.2, 0.25) is 0 Å². The molecular formula is C7H15NO2S. The zero-order valence-corrected chi connectivity index (χ0v) is 7.76. The van der Waals surface area contributed by atoms with Gasteiger partial charge in [-0.3, -0.25) is 0 Å². The van der Waals surface area contributed by atoms with Gasteiger partial charge >= 0.3 is 0 Å². The first-order valence-electron chi connectivity index (χ1n) is 3.52. The topological polar surface area (TPSA) is 60.2 Å². The normalized spacial score (nSPS) is 17.4. The summed E-state index contributed by atoms with van der Waals surface area (Å²) >= 11 is 0. The average Bonchev–Trinajstić information content (AvgIpc) is 1.85. The maximum Gasteiger partial charge on any atom is 0.211 e. The van der Waals surface area contributed by atoms with Crippen LogP contribution in [-0.4, -0.2) is 13.7 Å². The average molecular weight is 177 g/mol. The van der Waals surface area contributed by atoms with E-state index < -0.39 is 15.3 Å². The second-order valence-corrected chi connectivity index (χ2v) is 4.83. The van der Waals surface area contributed by atoms with Crippen LogP contribution >= 0.6 is 0 Å². The molecule has 1 unspecified atom stereocenters. The van der Waals surface area contributed by atoms with E-state index in [0.717, 1.165) is 0 Å². The Morgan fingerprint density at radius 2 is 2.00 bits per heavy atom. The lowest BCUT2D eigenvalue weighted by Gasteiger charge is -2.11. The third-order valence-corrected chi connectivity index (χ3v) is 2.98. The molecule has 11 heavy (non-hydrogen) atoms. The van der Waals surface area contributed by atoms with Crippen molar-refractivity contribution in [2.24, 2.45) is 11.1 Å². The van der Waals surface area contributed by atoms with E-state index in [1.807, 2.05) is 6.92 Å². The first-order chi connectivity index (χ1) is 4.88. The molecular weight excluding hydrogens is 162 g/mol. The Balaban J connectivity index is 4.09. The number of allylic oxidation sites excluding steroid dienone is 1. The highest BCUT2D eigenvalue weighted by Crippen LogP contribution is 2.10. The summed E-state index contributed by atoms with van der Waals surface area (Å²) in [6, 6.07) is 0. The second-order valence-electron chi connectivity index (χ2n) is 2.85. The predicted octanol–water partition coefficient (Wildman–Crippen LogP) is 0.876. The summed E-state index contributed by atoms with van der Waals surface area (Å²) in [6.45, 7) is 7.08. The molecule has 0 amide bonds. The molecule has 0 saturated heterocycles. The molecule has 66 valence electrons. The minimum Gasteiger partial charge on any atom is -0.228 e. The van der Waals surface area contributed by atoms with Crippen LogP contribution in [0.25, 0.3) is 0 Å². The number of hydrogen-bond donors (Lipinski definition) is 1. The Morgan fingerprint density at radius 1 is 1.55 bits per heavy atom. The molecule has 0 aromatic heterocycles. The lowest BCUT2D eigenvalue weighted by atomic mass is 10.1. The molecule has 0 heterocycles. The molecule has 2 atom stereocenters. The smallest absolute Gasteiger partial charge is 0.211 e. The van der Waals surface area contributed by atoms with Crippen molar-refractivity contribution in [3.63, 3.8) is 0 Å². The molecule has 2 N–H and O–H groups in total. The van der Waals surface area contributed by atoms with Gasteiger partial charge in [-0.15, -0.1) is 6.58 Å². The fraction of sp³-hybridized carbons (Fsp3) is 0.714. The van der Waals surface area contributed by atoms with Crippen molar-refractivity contribution >= 4 is 10.0 Å². The quantitative estimate of drug-likeness (QED) is 0.648. The molecule has 0 aliphatic rings. The molecule has 0 bridgehead atoms. The largest absolute Gasteiger partial charge is 0.228 e. The standard InChI is InChI=1S/C7H15NO2S/c1-4-6(2)5-7(3)11(8,9)10/h4,6-7H,1,5H2,2-3H3,(H2,8,9,10)/t6-,7?/m1/s1. The molecule has 0 rings (SSSR count). The van der Waals surface area contributed by atoms with Gasteiger partial charge in [0.05, 0.1) is 5.25 Å². The minimum atomic E-state index is -3.36. The lowest BCUT2D eigenvalue weighted by Crippen LogP contribution is -2.27. The van der Waals surface area contributed by atoms with Crippen molar-refractivity contribution in [2.75, 3.05) is 0 Å². The number of primary sulfonamides is 1. The lowest BCUT2D eigenvalue weighted by molar-refractivity contribution is 0.559. The van der Waals surface area contributed by atoms with Crippen LogP contribution in [0.5, 0.6) is 0 Å². The predicted molar refractivity (Wildman–Crippen MR) is 46.5 cm³/mol. The molecule has 0 aliphatic heterocycles. The summed E-state index contributed by atoms with van der Waals surface area (Å²) in [4.78, 5) is 0. The molecule has 0 spiro atoms. The van der Waals surface area contributed by atoms with Gasteiger partial charge in [-0.05, 0) is 19.3 Å². The van der Waals surface area contributed by atoms with Crippen LogP contribution in [0.4, 0.5) is 0 Å². The number of sulfonamides is 1. The van der Waals surface area contributed by atoms with Crippen LogP contribution in [0.3, 0.4) is 0 Å². The highest BCUT2D eigenvalue weighted by atomic mass is 32.2. The van der Waals surface area contributed by atoms with Gasteiger partial charge in [0.25, 0.3) is 0 Å². The summed E-state index contributed by atoms with van der Waals surface area (Å²) in [5.74, 6) is 0.198. The maximum absolute atomic E-state index is 10.7. The molecule has 0 saturated carbocycles. The van der Waals surface area contributed by atoms with Crippen molar-refractivity contribution < 1.29 is 8.42 Å². The van der Waals surface area contributed by atoms with E-state index >= 15 is 0 Å². The molecule has 0 radical (unpaired) electrons. The first kappa shape index (κ1) is 10.7. The van der Waals surface area contributed by atoms with Crippen molar-refractivity contribution in [1.82, 2.24) is 0 Å². The van der Waals surface area contributed by atoms with Crippen molar-refractivity contribution in [3.05, 3.63) is 12.7 Å². The summed E-state index contributed by atoms with van der Waals surface area (Å²) in [7, 11) is -3.36. The monoisotopic (exact) mass is 177 g/mol. The van der Waals surface area contributed by atoms with E-state index in [9.17, 15) is 8.42 Å². The summed E-state index contributed by atoms with van der Waals surface area (Å²) in [5, 5.41) is 4.44. The zero-order chi connectivity index (χ0) is 9.07. The van der Waals surface area contributed by atoms with Crippen LogP contribution in [0.1, 0.15) is 20.3 Å². The zero-order valence-electron chi connectivity index (χ0n) is 6.95. The van der Waals surface area contributed by atoms with E-state index in [1.54, 1.807) is 13.0 Å². The first-order valence-corrected chi connectivity index (χ1v) is 5.13. The minimum absolute atomic E-state index is 0.198. The van der Waals surface area contributed by atoms with E-state index in [1.165, 1.54) is 0 Å². The highest BCUT2D eigenvalue weighted by Gasteiger charge is 2.16. The molecule has 0 fully saturated rings. The van der Waals surface area contributed by atoms with Gasteiger partial charge in [-0.25, -0.2) is 13.6 Å². The van der Waals surface area contributed by atoms with Gasteiger partial charge in [-0.2, -0.15) is 0 Å². The fourth-order valence-corrected chi connectivity index (χ4v) is 1.33. The van der Waals surface area contributed by atoms with E-state index in [0.29, 0.717) is 6.42 Å². The molecule has 0 aromatic rings. The van der Waals surface area contributed by atoms with Crippen LogP contribution in [0, 0.1) is 5.92 Å². The van der Waals surface area contributed by atoms with Crippen LogP contribution in [0.15, 0.2) is 12.7 Å². The molecule has 0 aliphatic carbocycles. The van der Waals surface area contributed by atoms with Gasteiger partial charge in [0, 0.05) is 0 Å². The van der Waals surface area contributed by atoms with E-state index in [4.69, 9.17) is 5.14 Å². The van der Waals surface area contributed by atoms with E-state index in [2.05, 4.69) is 6.58 Å². The Morgan fingerprint density at radius 3 is 2.27 bits per heavy atom. The number of hydrogen-bond acceptors (Lipinski definition) is 2. The number of rotatable bonds is 4. The Bertz CT molecular complexity index is 221. The van der Waals surface area contributed by atoms with Crippen LogP contribution in [-0.2, 0) is 10.0 Å². The summed E-state index contributed by atoms with van der Waals surface area (Å²) in [6.07, 6.45) is 2.27. The van der Waals surface area contributed by atoms with Gasteiger partial charge in [0.1, 0.15) is 0 Å². The highest BCUT2D eigenvalue weighted by molar-refractivity contribution is 7.89. The Labute approximate surface area is 68.3 Å².